The number of benzene rings is 3. The van der Waals surface area contributed by atoms with Crippen molar-refractivity contribution in [3.8, 4) is 11.1 Å². The van der Waals surface area contributed by atoms with E-state index in [9.17, 15) is 18.8 Å². The lowest BCUT2D eigenvalue weighted by Gasteiger charge is -2.16. The first-order valence-electron chi connectivity index (χ1n) is 10.5. The Morgan fingerprint density at radius 3 is 2.15 bits per heavy atom. The molecule has 0 radical (unpaired) electrons. The number of ether oxygens (including phenoxy) is 1. The van der Waals surface area contributed by atoms with Gasteiger partial charge in [0.2, 0.25) is 0 Å². The van der Waals surface area contributed by atoms with Gasteiger partial charge in [0, 0.05) is 5.92 Å². The molecule has 3 aromatic rings. The number of nitrogens with one attached hydrogen (secondary N) is 2. The van der Waals surface area contributed by atoms with Crippen LogP contribution in [-0.2, 0) is 9.53 Å². The summed E-state index contributed by atoms with van der Waals surface area (Å²) in [5, 5.41) is 22.3. The number of hydrogen-bond acceptors (Lipinski definition) is 5. The van der Waals surface area contributed by atoms with E-state index in [4.69, 9.17) is 14.9 Å². The quantitative estimate of drug-likeness (QED) is 0.425. The Hall–Kier alpha value is -4.24. The van der Waals surface area contributed by atoms with E-state index in [2.05, 4.69) is 5.32 Å². The Bertz CT molecular complexity index is 1220. The van der Waals surface area contributed by atoms with Crippen molar-refractivity contribution >= 4 is 23.7 Å². The molecule has 0 heterocycles. The second-order valence-corrected chi connectivity index (χ2v) is 7.66. The van der Waals surface area contributed by atoms with Crippen LogP contribution >= 0.6 is 0 Å². The van der Waals surface area contributed by atoms with E-state index >= 15 is 0 Å². The molecule has 3 aromatic carbocycles. The Labute approximate surface area is 194 Å². The minimum Gasteiger partial charge on any atom is -0.480 e. The molecule has 0 fully saturated rings. The number of carboxylic acids is 1. The summed E-state index contributed by atoms with van der Waals surface area (Å²) in [6, 6.07) is 17.8. The molecular formula is C25H21FN2O6. The summed E-state index contributed by atoms with van der Waals surface area (Å²) >= 11 is 0. The van der Waals surface area contributed by atoms with Crippen LogP contribution in [-0.4, -0.2) is 47.4 Å². The number of amides is 2. The number of carbonyl (C=O) groups excluding carboxylic acids is 2. The highest BCUT2D eigenvalue weighted by atomic mass is 19.1. The monoisotopic (exact) mass is 464 g/mol. The van der Waals surface area contributed by atoms with Crippen molar-refractivity contribution in [3.63, 3.8) is 0 Å². The van der Waals surface area contributed by atoms with Crippen LogP contribution in [0.3, 0.4) is 0 Å². The fourth-order valence-electron chi connectivity index (χ4n) is 3.97. The highest BCUT2D eigenvalue weighted by Gasteiger charge is 2.29. The lowest BCUT2D eigenvalue weighted by Crippen LogP contribution is -2.43. The molecule has 0 aliphatic heterocycles. The topological polar surface area (TPSA) is 125 Å². The van der Waals surface area contributed by atoms with E-state index < -0.39 is 42.0 Å². The molecule has 1 aliphatic rings. The van der Waals surface area contributed by atoms with Crippen LogP contribution in [0, 0.1) is 5.82 Å². The summed E-state index contributed by atoms with van der Waals surface area (Å²) in [6.07, 6.45) is -0.905. The first kappa shape index (κ1) is 22.9. The van der Waals surface area contributed by atoms with E-state index in [1.165, 1.54) is 12.1 Å². The van der Waals surface area contributed by atoms with Crippen LogP contribution in [0.15, 0.2) is 66.7 Å². The Kier molecular flexibility index (Phi) is 6.55. The number of aliphatic carboxylic acids is 1. The lowest BCUT2D eigenvalue weighted by molar-refractivity contribution is -0.140. The Balaban J connectivity index is 1.45. The number of carboxylic acid groups (broad SMARTS) is 1. The summed E-state index contributed by atoms with van der Waals surface area (Å²) in [4.78, 5) is 35.7. The van der Waals surface area contributed by atoms with Crippen LogP contribution < -0.4 is 10.6 Å². The standard InChI is InChI=1S/C25H21FN2O6/c26-22-18(23(30)27-21(12-29)24(31)32)10-5-11-20(22)28-25(33)34-13-19-16-8-3-1-6-14(16)15-7-2-4-9-17(15)19/h1-11,19,21,29H,12-13H2,(H,27,30)(H,28,33)(H,31,32)/t21-/m0/s1. The molecule has 0 aromatic heterocycles. The van der Waals surface area contributed by atoms with Crippen molar-refractivity contribution in [2.45, 2.75) is 12.0 Å². The van der Waals surface area contributed by atoms with Crippen molar-refractivity contribution in [2.75, 3.05) is 18.5 Å². The van der Waals surface area contributed by atoms with Gasteiger partial charge in [0.1, 0.15) is 6.61 Å². The van der Waals surface area contributed by atoms with Crippen LogP contribution in [0.2, 0.25) is 0 Å². The van der Waals surface area contributed by atoms with Crippen LogP contribution in [0.25, 0.3) is 11.1 Å². The first-order valence-corrected chi connectivity index (χ1v) is 10.5. The molecule has 0 spiro atoms. The highest BCUT2D eigenvalue weighted by molar-refractivity contribution is 5.98. The molecule has 8 nitrogen and oxygen atoms in total. The summed E-state index contributed by atoms with van der Waals surface area (Å²) in [7, 11) is 0. The van der Waals surface area contributed by atoms with Crippen molar-refractivity contribution < 1.29 is 33.7 Å². The summed E-state index contributed by atoms with van der Waals surface area (Å²) in [5.41, 5.74) is 3.40. The number of aliphatic hydroxyl groups is 1. The van der Waals surface area contributed by atoms with Gasteiger partial charge in [-0.25, -0.2) is 14.0 Å². The van der Waals surface area contributed by atoms with Crippen LogP contribution in [0.5, 0.6) is 0 Å². The maximum Gasteiger partial charge on any atom is 0.411 e. The van der Waals surface area contributed by atoms with Gasteiger partial charge in [-0.2, -0.15) is 0 Å². The molecule has 9 heteroatoms. The number of anilines is 1. The summed E-state index contributed by atoms with van der Waals surface area (Å²) in [6.45, 7) is -0.834. The van der Waals surface area contributed by atoms with Gasteiger partial charge in [-0.1, -0.05) is 54.6 Å². The fourth-order valence-corrected chi connectivity index (χ4v) is 3.97. The largest absolute Gasteiger partial charge is 0.480 e. The van der Waals surface area contributed by atoms with Gasteiger partial charge in [0.05, 0.1) is 17.9 Å². The van der Waals surface area contributed by atoms with Crippen molar-refractivity contribution in [1.82, 2.24) is 5.32 Å². The third-order valence-corrected chi connectivity index (χ3v) is 5.61. The van der Waals surface area contributed by atoms with Gasteiger partial charge in [0.25, 0.3) is 5.91 Å². The molecule has 0 unspecified atom stereocenters. The molecule has 0 saturated carbocycles. The van der Waals surface area contributed by atoms with Crippen LogP contribution in [0.4, 0.5) is 14.9 Å². The number of carbonyl (C=O) groups is 3. The van der Waals surface area contributed by atoms with E-state index in [1.807, 2.05) is 53.8 Å². The van der Waals surface area contributed by atoms with Crippen molar-refractivity contribution in [2.24, 2.45) is 0 Å². The maximum absolute atomic E-state index is 14.8. The van der Waals surface area contributed by atoms with E-state index in [0.717, 1.165) is 28.3 Å². The lowest BCUT2D eigenvalue weighted by atomic mass is 9.98. The normalized spacial score (nSPS) is 12.9. The van der Waals surface area contributed by atoms with Gasteiger partial charge >= 0.3 is 12.1 Å². The smallest absolute Gasteiger partial charge is 0.411 e. The predicted octanol–water partition coefficient (Wildman–Crippen LogP) is 3.36. The Morgan fingerprint density at radius 1 is 0.941 bits per heavy atom. The third-order valence-electron chi connectivity index (χ3n) is 5.61. The molecule has 174 valence electrons. The summed E-state index contributed by atoms with van der Waals surface area (Å²) < 4.78 is 20.2. The van der Waals surface area contributed by atoms with Gasteiger partial charge < -0.3 is 20.3 Å². The second kappa shape index (κ2) is 9.72. The molecule has 1 atom stereocenters. The average molecular weight is 464 g/mol. The molecule has 0 bridgehead atoms. The zero-order chi connectivity index (χ0) is 24.2. The molecule has 1 aliphatic carbocycles. The highest BCUT2D eigenvalue weighted by Crippen LogP contribution is 2.44. The number of fused-ring (bicyclic) bond motifs is 3. The minimum absolute atomic E-state index is 0.0262. The maximum atomic E-state index is 14.8. The van der Waals surface area contributed by atoms with Gasteiger partial charge in [-0.05, 0) is 34.4 Å². The van der Waals surface area contributed by atoms with Crippen molar-refractivity contribution in [3.05, 3.63) is 89.2 Å². The number of aliphatic hydroxyl groups excluding tert-OH is 1. The van der Waals surface area contributed by atoms with Crippen molar-refractivity contribution in [1.29, 1.82) is 0 Å². The average Bonchev–Trinajstić information content (AvgIpc) is 3.16. The van der Waals surface area contributed by atoms with Gasteiger partial charge in [-0.15, -0.1) is 0 Å². The Morgan fingerprint density at radius 2 is 1.56 bits per heavy atom. The molecule has 34 heavy (non-hydrogen) atoms. The molecule has 0 saturated heterocycles. The number of halogens is 1. The van der Waals surface area contributed by atoms with E-state index in [1.54, 1.807) is 0 Å². The fraction of sp³-hybridized carbons (Fsp3) is 0.160. The van der Waals surface area contributed by atoms with E-state index in [0.29, 0.717) is 0 Å². The molecule has 2 amide bonds. The van der Waals surface area contributed by atoms with Gasteiger partial charge in [-0.3, -0.25) is 10.1 Å². The minimum atomic E-state index is -1.59. The van der Waals surface area contributed by atoms with Crippen LogP contribution in [0.1, 0.15) is 27.4 Å². The van der Waals surface area contributed by atoms with Gasteiger partial charge in [0.15, 0.2) is 11.9 Å². The zero-order valence-corrected chi connectivity index (χ0v) is 17.8. The zero-order valence-electron chi connectivity index (χ0n) is 17.8. The summed E-state index contributed by atoms with van der Waals surface area (Å²) in [5.74, 6) is -3.75. The SMILES string of the molecule is O=C(Nc1cccc(C(=O)N[C@@H](CO)C(=O)O)c1F)OCC1c2ccccc2-c2ccccc21. The number of rotatable bonds is 7. The van der Waals surface area contributed by atoms with E-state index in [-0.39, 0.29) is 18.2 Å². The number of hydrogen-bond donors (Lipinski definition) is 4. The second-order valence-electron chi connectivity index (χ2n) is 7.66. The molecule has 4 rings (SSSR count). The first-order chi connectivity index (χ1) is 16.4. The third kappa shape index (κ3) is 4.46. The molecular weight excluding hydrogens is 443 g/mol. The predicted molar refractivity (Wildman–Crippen MR) is 121 cm³/mol. The molecule has 4 N–H and O–H groups in total.